The first-order valence-corrected chi connectivity index (χ1v) is 12.2. The van der Waals surface area contributed by atoms with Crippen LogP contribution < -0.4 is 0 Å². The zero-order valence-corrected chi connectivity index (χ0v) is 20.7. The minimum Gasteiger partial charge on any atom is -0.306 e. The van der Waals surface area contributed by atoms with Crippen molar-refractivity contribution in [2.45, 2.75) is 63.7 Å². The van der Waals surface area contributed by atoms with Crippen LogP contribution in [-0.2, 0) is 12.8 Å². The van der Waals surface area contributed by atoms with Gasteiger partial charge in [-0.2, -0.15) is 31.6 Å². The molecule has 0 N–H and O–H groups in total. The van der Waals surface area contributed by atoms with Crippen LogP contribution >= 0.6 is 0 Å². The number of benzene rings is 2. The number of nitrogens with zero attached hydrogens (tertiary/aromatic N) is 2. The highest BCUT2D eigenvalue weighted by Crippen LogP contribution is 2.53. The first-order valence-electron chi connectivity index (χ1n) is 12.2. The Morgan fingerprint density at radius 3 is 1.81 bits per heavy atom. The van der Waals surface area contributed by atoms with Crippen LogP contribution in [0.4, 0.5) is 26.3 Å². The van der Waals surface area contributed by atoms with Crippen LogP contribution in [0.15, 0.2) is 54.6 Å². The number of aryl methyl sites for hydroxylation is 1. The van der Waals surface area contributed by atoms with E-state index in [0.717, 1.165) is 37.9 Å². The molecule has 2 aromatic carbocycles. The van der Waals surface area contributed by atoms with Crippen molar-refractivity contribution >= 4 is 0 Å². The summed E-state index contributed by atoms with van der Waals surface area (Å²) in [6.07, 6.45) is -7.30. The highest BCUT2D eigenvalue weighted by molar-refractivity contribution is 5.28. The summed E-state index contributed by atoms with van der Waals surface area (Å²) in [5.74, 6) is -5.49. The number of hydrogen-bond acceptors (Lipinski definition) is 2. The number of rotatable bonds is 8. The second kappa shape index (κ2) is 13.7. The number of alkyl halides is 6. The molecule has 8 heteroatoms. The SMILES string of the molecule is CC#N.CN(CCCc1ccc(C2C(C(F)(F)F)CCCC2C(F)(F)F)cc1)CCc1ccccc1. The summed E-state index contributed by atoms with van der Waals surface area (Å²) in [4.78, 5) is 2.23. The molecule has 36 heavy (non-hydrogen) atoms. The van der Waals surface area contributed by atoms with Gasteiger partial charge in [-0.1, -0.05) is 61.0 Å². The molecule has 198 valence electrons. The normalized spacial score (nSPS) is 20.4. The summed E-state index contributed by atoms with van der Waals surface area (Å²) >= 11 is 0. The van der Waals surface area contributed by atoms with Gasteiger partial charge in [0, 0.05) is 19.4 Å². The predicted molar refractivity (Wildman–Crippen MR) is 129 cm³/mol. The molecule has 0 heterocycles. The lowest BCUT2D eigenvalue weighted by Crippen LogP contribution is -2.42. The van der Waals surface area contributed by atoms with E-state index in [0.29, 0.717) is 0 Å². The molecule has 0 saturated heterocycles. The van der Waals surface area contributed by atoms with Gasteiger partial charge in [0.15, 0.2) is 0 Å². The maximum atomic E-state index is 13.6. The van der Waals surface area contributed by atoms with Crippen LogP contribution in [-0.4, -0.2) is 37.4 Å². The minimum absolute atomic E-state index is 0.0548. The molecule has 0 aliphatic heterocycles. The first kappa shape index (κ1) is 29.7. The Labute approximate surface area is 209 Å². The van der Waals surface area contributed by atoms with Crippen molar-refractivity contribution in [3.05, 3.63) is 71.3 Å². The van der Waals surface area contributed by atoms with Crippen molar-refractivity contribution in [2.75, 3.05) is 20.1 Å². The maximum absolute atomic E-state index is 13.6. The van der Waals surface area contributed by atoms with Crippen LogP contribution in [0.1, 0.15) is 55.2 Å². The second-order valence-electron chi connectivity index (χ2n) is 9.36. The lowest BCUT2D eigenvalue weighted by Gasteiger charge is -2.40. The standard InChI is InChI=1S/C26H31F6N.C2H3N/c1-33(18-16-19-7-3-2-4-8-19)17-6-9-20-12-14-21(15-13-20)24-22(25(27,28)29)10-5-11-23(24)26(30,31)32;1-2-3/h2-4,7-8,12-15,22-24H,5-6,9-11,16-18H2,1H3;1H3. The molecular weight excluding hydrogens is 478 g/mol. The Morgan fingerprint density at radius 2 is 1.31 bits per heavy atom. The third kappa shape index (κ3) is 9.16. The van der Waals surface area contributed by atoms with Gasteiger partial charge in [0.25, 0.3) is 0 Å². The summed E-state index contributed by atoms with van der Waals surface area (Å²) < 4.78 is 81.4. The summed E-state index contributed by atoms with van der Waals surface area (Å²) in [6, 6.07) is 18.3. The van der Waals surface area contributed by atoms with E-state index < -0.39 is 30.1 Å². The van der Waals surface area contributed by atoms with Crippen molar-refractivity contribution < 1.29 is 26.3 Å². The topological polar surface area (TPSA) is 27.0 Å². The van der Waals surface area contributed by atoms with E-state index in [-0.39, 0.29) is 24.8 Å². The van der Waals surface area contributed by atoms with Crippen molar-refractivity contribution in [1.82, 2.24) is 4.90 Å². The molecule has 0 amide bonds. The van der Waals surface area contributed by atoms with Gasteiger partial charge in [0.1, 0.15) is 0 Å². The van der Waals surface area contributed by atoms with E-state index in [4.69, 9.17) is 5.26 Å². The average Bonchev–Trinajstić information content (AvgIpc) is 2.83. The quantitative estimate of drug-likeness (QED) is 0.336. The highest BCUT2D eigenvalue weighted by Gasteiger charge is 2.56. The lowest BCUT2D eigenvalue weighted by molar-refractivity contribution is -0.231. The van der Waals surface area contributed by atoms with Gasteiger partial charge in [-0.15, -0.1) is 0 Å². The van der Waals surface area contributed by atoms with Crippen molar-refractivity contribution in [2.24, 2.45) is 11.8 Å². The summed E-state index contributed by atoms with van der Waals surface area (Å²) in [5.41, 5.74) is 2.35. The zero-order valence-electron chi connectivity index (χ0n) is 20.7. The van der Waals surface area contributed by atoms with Crippen LogP contribution in [0.5, 0.6) is 0 Å². The number of hydrogen-bond donors (Lipinski definition) is 0. The molecule has 2 nitrogen and oxygen atoms in total. The monoisotopic (exact) mass is 512 g/mol. The molecule has 2 atom stereocenters. The molecule has 1 aliphatic rings. The second-order valence-corrected chi connectivity index (χ2v) is 9.36. The largest absolute Gasteiger partial charge is 0.392 e. The van der Waals surface area contributed by atoms with E-state index >= 15 is 0 Å². The van der Waals surface area contributed by atoms with Gasteiger partial charge in [0.2, 0.25) is 0 Å². The Kier molecular flexibility index (Phi) is 11.3. The smallest absolute Gasteiger partial charge is 0.306 e. The first-order chi connectivity index (χ1) is 17.0. The summed E-state index contributed by atoms with van der Waals surface area (Å²) in [7, 11) is 2.05. The van der Waals surface area contributed by atoms with Gasteiger partial charge in [-0.3, -0.25) is 0 Å². The predicted octanol–water partition coefficient (Wildman–Crippen LogP) is 7.95. The van der Waals surface area contributed by atoms with E-state index in [2.05, 4.69) is 17.0 Å². The molecule has 0 spiro atoms. The van der Waals surface area contributed by atoms with Crippen LogP contribution in [0, 0.1) is 23.2 Å². The van der Waals surface area contributed by atoms with E-state index in [1.165, 1.54) is 24.6 Å². The fourth-order valence-electron chi connectivity index (χ4n) is 4.93. The molecule has 0 aromatic heterocycles. The fourth-order valence-corrected chi connectivity index (χ4v) is 4.93. The van der Waals surface area contributed by atoms with E-state index in [1.807, 2.05) is 25.2 Å². The van der Waals surface area contributed by atoms with Gasteiger partial charge >= 0.3 is 12.4 Å². The zero-order chi connectivity index (χ0) is 26.8. The van der Waals surface area contributed by atoms with Gasteiger partial charge in [0.05, 0.1) is 17.9 Å². The lowest BCUT2D eigenvalue weighted by atomic mass is 9.68. The molecule has 1 fully saturated rings. The Hall–Kier alpha value is -2.53. The highest BCUT2D eigenvalue weighted by atomic mass is 19.4. The molecular formula is C28H34F6N2. The minimum atomic E-state index is -4.64. The third-order valence-corrected chi connectivity index (χ3v) is 6.73. The fraction of sp³-hybridized carbons (Fsp3) is 0.536. The van der Waals surface area contributed by atoms with Crippen LogP contribution in [0.25, 0.3) is 0 Å². The Morgan fingerprint density at radius 1 is 0.806 bits per heavy atom. The van der Waals surface area contributed by atoms with Gasteiger partial charge in [-0.05, 0) is 62.4 Å². The Bertz CT molecular complexity index is 910. The van der Waals surface area contributed by atoms with Crippen molar-refractivity contribution in [3.8, 4) is 6.07 Å². The third-order valence-electron chi connectivity index (χ3n) is 6.73. The molecule has 1 saturated carbocycles. The van der Waals surface area contributed by atoms with Gasteiger partial charge < -0.3 is 4.90 Å². The average molecular weight is 513 g/mol. The van der Waals surface area contributed by atoms with Crippen molar-refractivity contribution in [1.29, 1.82) is 5.26 Å². The maximum Gasteiger partial charge on any atom is 0.392 e. The molecule has 2 unspecified atom stereocenters. The number of nitriles is 1. The summed E-state index contributed by atoms with van der Waals surface area (Å²) in [5, 5.41) is 7.32. The van der Waals surface area contributed by atoms with E-state index in [1.54, 1.807) is 18.2 Å². The number of halogens is 6. The molecule has 0 radical (unpaired) electrons. The molecule has 1 aliphatic carbocycles. The van der Waals surface area contributed by atoms with Crippen molar-refractivity contribution in [3.63, 3.8) is 0 Å². The summed E-state index contributed by atoms with van der Waals surface area (Å²) in [6.45, 7) is 3.21. The number of likely N-dealkylation sites (N-methyl/N-ethyl adjacent to an activating group) is 1. The van der Waals surface area contributed by atoms with Gasteiger partial charge in [-0.25, -0.2) is 0 Å². The molecule has 2 aromatic rings. The molecule has 3 rings (SSSR count). The Balaban J connectivity index is 0.00000145. The molecule has 0 bridgehead atoms. The van der Waals surface area contributed by atoms with Crippen LogP contribution in [0.3, 0.4) is 0 Å². The van der Waals surface area contributed by atoms with E-state index in [9.17, 15) is 26.3 Å². The van der Waals surface area contributed by atoms with Crippen LogP contribution in [0.2, 0.25) is 0 Å².